The zero-order chi connectivity index (χ0) is 17.1. The van der Waals surface area contributed by atoms with Crippen molar-refractivity contribution in [1.29, 1.82) is 5.26 Å². The van der Waals surface area contributed by atoms with Crippen LogP contribution in [0.15, 0.2) is 42.9 Å². The predicted octanol–water partition coefficient (Wildman–Crippen LogP) is 3.02. The summed E-state index contributed by atoms with van der Waals surface area (Å²) >= 11 is 0. The maximum absolute atomic E-state index is 9.47. The standard InChI is InChI=1S/C19H18N6/c20-12-16-11-14-5-1-2-7-17(14)24-18(16)22-13-15-6-3-8-21-19(15)25-10-4-9-23-25/h3-4,6,8-11H,1-2,5,7,13H2,(H,22,24). The number of hydrogen-bond donors (Lipinski definition) is 1. The largest absolute Gasteiger partial charge is 0.365 e. The molecule has 6 heteroatoms. The molecule has 0 unspecified atom stereocenters. The fraction of sp³-hybridized carbons (Fsp3) is 0.263. The minimum Gasteiger partial charge on any atom is -0.365 e. The van der Waals surface area contributed by atoms with Crippen molar-refractivity contribution in [2.75, 3.05) is 5.32 Å². The van der Waals surface area contributed by atoms with Crippen LogP contribution in [0.25, 0.3) is 5.82 Å². The molecular formula is C19H18N6. The molecule has 3 aromatic rings. The zero-order valence-electron chi connectivity index (χ0n) is 13.8. The molecule has 0 radical (unpaired) electrons. The molecule has 3 aromatic heterocycles. The number of aryl methyl sites for hydroxylation is 2. The highest BCUT2D eigenvalue weighted by Crippen LogP contribution is 2.25. The molecule has 0 fully saturated rings. The number of nitrogens with one attached hydrogen (secondary N) is 1. The van der Waals surface area contributed by atoms with Gasteiger partial charge in [0.25, 0.3) is 0 Å². The van der Waals surface area contributed by atoms with Crippen molar-refractivity contribution in [3.63, 3.8) is 0 Å². The van der Waals surface area contributed by atoms with Crippen LogP contribution < -0.4 is 5.32 Å². The molecule has 0 bridgehead atoms. The van der Waals surface area contributed by atoms with E-state index in [1.165, 1.54) is 12.0 Å². The van der Waals surface area contributed by atoms with Crippen LogP contribution in [0.4, 0.5) is 5.82 Å². The van der Waals surface area contributed by atoms with Crippen molar-refractivity contribution in [3.8, 4) is 11.9 Å². The molecule has 0 aromatic carbocycles. The molecule has 1 N–H and O–H groups in total. The van der Waals surface area contributed by atoms with Gasteiger partial charge in [-0.3, -0.25) is 0 Å². The molecule has 25 heavy (non-hydrogen) atoms. The highest BCUT2D eigenvalue weighted by Gasteiger charge is 2.15. The summed E-state index contributed by atoms with van der Waals surface area (Å²) in [6, 6.07) is 10.0. The molecule has 0 saturated carbocycles. The first-order valence-corrected chi connectivity index (χ1v) is 8.46. The third kappa shape index (κ3) is 3.09. The number of hydrogen-bond acceptors (Lipinski definition) is 5. The summed E-state index contributed by atoms with van der Waals surface area (Å²) in [4.78, 5) is 9.14. The van der Waals surface area contributed by atoms with Crippen molar-refractivity contribution in [2.24, 2.45) is 0 Å². The van der Waals surface area contributed by atoms with Crippen molar-refractivity contribution in [2.45, 2.75) is 32.2 Å². The van der Waals surface area contributed by atoms with Crippen LogP contribution in [0.1, 0.15) is 35.2 Å². The first-order valence-electron chi connectivity index (χ1n) is 8.46. The molecule has 0 atom stereocenters. The highest BCUT2D eigenvalue weighted by molar-refractivity contribution is 5.55. The Kier molecular flexibility index (Phi) is 4.13. The third-order valence-electron chi connectivity index (χ3n) is 4.46. The second kappa shape index (κ2) is 6.73. The SMILES string of the molecule is N#Cc1cc2c(nc1NCc1cccnc1-n1cccn1)CCCC2. The second-order valence-corrected chi connectivity index (χ2v) is 6.10. The summed E-state index contributed by atoms with van der Waals surface area (Å²) in [5, 5.41) is 17.0. The topological polar surface area (TPSA) is 79.4 Å². The first-order chi connectivity index (χ1) is 12.3. The summed E-state index contributed by atoms with van der Waals surface area (Å²) in [7, 11) is 0. The van der Waals surface area contributed by atoms with E-state index in [9.17, 15) is 5.26 Å². The number of fused-ring (bicyclic) bond motifs is 1. The van der Waals surface area contributed by atoms with Gasteiger partial charge in [0, 0.05) is 36.4 Å². The summed E-state index contributed by atoms with van der Waals surface area (Å²) in [6.07, 6.45) is 9.68. The Bertz CT molecular complexity index is 924. The van der Waals surface area contributed by atoms with Gasteiger partial charge in [0.1, 0.15) is 11.9 Å². The van der Waals surface area contributed by atoms with Gasteiger partial charge in [-0.1, -0.05) is 6.07 Å². The van der Waals surface area contributed by atoms with E-state index in [1.54, 1.807) is 17.1 Å². The van der Waals surface area contributed by atoms with Gasteiger partial charge in [0.05, 0.1) is 5.56 Å². The number of rotatable bonds is 4. The minimum atomic E-state index is 0.531. The van der Waals surface area contributed by atoms with Crippen LogP contribution in [-0.2, 0) is 19.4 Å². The Morgan fingerprint density at radius 3 is 2.96 bits per heavy atom. The lowest BCUT2D eigenvalue weighted by Crippen LogP contribution is -2.12. The number of anilines is 1. The Balaban J connectivity index is 1.61. The molecule has 0 spiro atoms. The van der Waals surface area contributed by atoms with Gasteiger partial charge < -0.3 is 5.32 Å². The minimum absolute atomic E-state index is 0.531. The molecule has 3 heterocycles. The summed E-state index contributed by atoms with van der Waals surface area (Å²) in [6.45, 7) is 0.531. The molecule has 0 amide bonds. The quantitative estimate of drug-likeness (QED) is 0.795. The molecular weight excluding hydrogens is 312 g/mol. The zero-order valence-corrected chi connectivity index (χ0v) is 13.8. The van der Waals surface area contributed by atoms with Crippen LogP contribution in [-0.4, -0.2) is 19.7 Å². The van der Waals surface area contributed by atoms with E-state index in [0.717, 1.165) is 36.3 Å². The smallest absolute Gasteiger partial charge is 0.158 e. The third-order valence-corrected chi connectivity index (χ3v) is 4.46. The second-order valence-electron chi connectivity index (χ2n) is 6.10. The molecule has 0 saturated heterocycles. The first kappa shape index (κ1) is 15.3. The Morgan fingerprint density at radius 2 is 2.12 bits per heavy atom. The number of pyridine rings is 2. The molecule has 1 aliphatic carbocycles. The Labute approximate surface area is 146 Å². The lowest BCUT2D eigenvalue weighted by atomic mass is 9.95. The fourth-order valence-electron chi connectivity index (χ4n) is 3.20. The Hall–Kier alpha value is -3.20. The van der Waals surface area contributed by atoms with Gasteiger partial charge in [0.2, 0.25) is 0 Å². The van der Waals surface area contributed by atoms with Gasteiger partial charge in [0.15, 0.2) is 5.82 Å². The van der Waals surface area contributed by atoms with Gasteiger partial charge in [-0.25, -0.2) is 14.6 Å². The molecule has 1 aliphatic rings. The lowest BCUT2D eigenvalue weighted by Gasteiger charge is -2.17. The van der Waals surface area contributed by atoms with Crippen LogP contribution >= 0.6 is 0 Å². The summed E-state index contributed by atoms with van der Waals surface area (Å²) < 4.78 is 1.74. The van der Waals surface area contributed by atoms with E-state index in [4.69, 9.17) is 4.98 Å². The van der Waals surface area contributed by atoms with Crippen LogP contribution in [0.2, 0.25) is 0 Å². The van der Waals surface area contributed by atoms with E-state index in [-0.39, 0.29) is 0 Å². The average Bonchev–Trinajstić information content (AvgIpc) is 3.20. The average molecular weight is 330 g/mol. The van der Waals surface area contributed by atoms with Crippen molar-refractivity contribution < 1.29 is 0 Å². The van der Waals surface area contributed by atoms with Gasteiger partial charge in [-0.2, -0.15) is 10.4 Å². The lowest BCUT2D eigenvalue weighted by molar-refractivity contribution is 0.668. The van der Waals surface area contributed by atoms with Crippen LogP contribution in [0.5, 0.6) is 0 Å². The number of nitrogens with zero attached hydrogens (tertiary/aromatic N) is 5. The van der Waals surface area contributed by atoms with E-state index >= 15 is 0 Å². The van der Waals surface area contributed by atoms with Gasteiger partial charge >= 0.3 is 0 Å². The molecule has 0 aliphatic heterocycles. The van der Waals surface area contributed by atoms with E-state index in [2.05, 4.69) is 21.5 Å². The van der Waals surface area contributed by atoms with E-state index < -0.39 is 0 Å². The maximum atomic E-state index is 9.47. The highest BCUT2D eigenvalue weighted by atomic mass is 15.3. The predicted molar refractivity (Wildman–Crippen MR) is 94.3 cm³/mol. The monoisotopic (exact) mass is 330 g/mol. The fourth-order valence-corrected chi connectivity index (χ4v) is 3.20. The van der Waals surface area contributed by atoms with E-state index in [1.807, 2.05) is 30.5 Å². The molecule has 124 valence electrons. The Morgan fingerprint density at radius 1 is 1.20 bits per heavy atom. The van der Waals surface area contributed by atoms with E-state index in [0.29, 0.717) is 17.9 Å². The maximum Gasteiger partial charge on any atom is 0.158 e. The summed E-state index contributed by atoms with van der Waals surface area (Å²) in [5.41, 5.74) is 3.93. The van der Waals surface area contributed by atoms with Crippen LogP contribution in [0.3, 0.4) is 0 Å². The van der Waals surface area contributed by atoms with Gasteiger partial charge in [-0.15, -0.1) is 0 Å². The van der Waals surface area contributed by atoms with Crippen LogP contribution in [0, 0.1) is 11.3 Å². The van der Waals surface area contributed by atoms with Gasteiger partial charge in [-0.05, 0) is 49.4 Å². The summed E-state index contributed by atoms with van der Waals surface area (Å²) in [5.74, 6) is 1.43. The van der Waals surface area contributed by atoms with Crippen molar-refractivity contribution >= 4 is 5.82 Å². The number of nitriles is 1. The van der Waals surface area contributed by atoms with Crippen molar-refractivity contribution in [1.82, 2.24) is 19.7 Å². The normalized spacial score (nSPS) is 13.1. The van der Waals surface area contributed by atoms with Crippen molar-refractivity contribution in [3.05, 3.63) is 65.2 Å². The molecule has 4 rings (SSSR count). The molecule has 6 nitrogen and oxygen atoms in total. The number of aromatic nitrogens is 4.